The maximum absolute atomic E-state index is 13.6. The van der Waals surface area contributed by atoms with E-state index < -0.39 is 48.0 Å². The van der Waals surface area contributed by atoms with E-state index in [-0.39, 0.29) is 69.0 Å². The number of para-hydroxylation sites is 2. The van der Waals surface area contributed by atoms with Crippen molar-refractivity contribution in [1.29, 1.82) is 0 Å². The van der Waals surface area contributed by atoms with Gasteiger partial charge in [-0.05, 0) is 92.1 Å². The molecule has 4 rings (SSSR count). The Kier molecular flexibility index (Phi) is 22.4. The molecule has 0 radical (unpaired) electrons. The molecule has 69 heavy (non-hydrogen) atoms. The van der Waals surface area contributed by atoms with Crippen molar-refractivity contribution in [2.45, 2.75) is 97.6 Å². The lowest BCUT2D eigenvalue weighted by atomic mass is 10.0. The summed E-state index contributed by atoms with van der Waals surface area (Å²) in [6.07, 6.45) is 4.40. The van der Waals surface area contributed by atoms with E-state index >= 15 is 0 Å². The van der Waals surface area contributed by atoms with E-state index in [1.165, 1.54) is 0 Å². The van der Waals surface area contributed by atoms with Crippen LogP contribution in [0.3, 0.4) is 0 Å². The predicted molar refractivity (Wildman–Crippen MR) is 256 cm³/mol. The Morgan fingerprint density at radius 3 is 1.97 bits per heavy atom. The van der Waals surface area contributed by atoms with E-state index in [1.807, 2.05) is 0 Å². The molecule has 0 bridgehead atoms. The SMILES string of the molecule is CCOC(=O)CCCCCC(=O)NC(C(=O)NC(CCCNC(N)=O)C(=O)Nc1ccc(COC(=O)Nc2ccccc2NC(=O)c2ccc(CNC(=O)OCc3cccnc3)cc2)cc1)C(C)C. The lowest BCUT2D eigenvalue weighted by Crippen LogP contribution is -2.54. The van der Waals surface area contributed by atoms with Crippen molar-refractivity contribution in [2.24, 2.45) is 11.7 Å². The third-order valence-corrected chi connectivity index (χ3v) is 10.2. The Labute approximate surface area is 400 Å². The van der Waals surface area contributed by atoms with E-state index in [9.17, 15) is 38.4 Å². The van der Waals surface area contributed by atoms with Gasteiger partial charge in [0.1, 0.15) is 25.3 Å². The lowest BCUT2D eigenvalue weighted by molar-refractivity contribution is -0.143. The molecule has 20 heteroatoms. The molecule has 0 fully saturated rings. The molecule has 2 unspecified atom stereocenters. The normalized spacial score (nSPS) is 11.5. The smallest absolute Gasteiger partial charge is 0.412 e. The Hall–Kier alpha value is -8.03. The molecule has 1 heterocycles. The first-order valence-electron chi connectivity index (χ1n) is 22.6. The molecule has 3 aromatic carbocycles. The summed E-state index contributed by atoms with van der Waals surface area (Å²) >= 11 is 0. The Bertz CT molecular complexity index is 2330. The highest BCUT2D eigenvalue weighted by Crippen LogP contribution is 2.23. The minimum atomic E-state index is -1.05. The first-order chi connectivity index (χ1) is 33.2. The zero-order valence-corrected chi connectivity index (χ0v) is 39.0. The number of hydrogen-bond acceptors (Lipinski definition) is 12. The summed E-state index contributed by atoms with van der Waals surface area (Å²) in [6.45, 7) is 5.85. The fraction of sp³-hybridized carbons (Fsp3) is 0.367. The van der Waals surface area contributed by atoms with Gasteiger partial charge in [0, 0.05) is 55.1 Å². The fourth-order valence-corrected chi connectivity index (χ4v) is 6.53. The second-order valence-electron chi connectivity index (χ2n) is 16.0. The van der Waals surface area contributed by atoms with Crippen molar-refractivity contribution < 1.29 is 52.6 Å². The third kappa shape index (κ3) is 20.2. The summed E-state index contributed by atoms with van der Waals surface area (Å²) in [7, 11) is 0. The molecule has 0 aliphatic heterocycles. The van der Waals surface area contributed by atoms with Crippen LogP contribution in [-0.2, 0) is 53.1 Å². The number of rotatable bonds is 26. The number of hydrogen-bond donors (Lipinski definition) is 8. The molecule has 0 saturated heterocycles. The number of carbonyl (C=O) groups is 8. The molecule has 0 spiro atoms. The van der Waals surface area contributed by atoms with Gasteiger partial charge in [0.25, 0.3) is 5.91 Å². The van der Waals surface area contributed by atoms with Crippen LogP contribution in [-0.4, -0.2) is 78.0 Å². The second kappa shape index (κ2) is 28.9. The average molecular weight is 952 g/mol. The molecular formula is C49H61N9O11. The van der Waals surface area contributed by atoms with E-state index in [0.717, 1.165) is 11.1 Å². The lowest BCUT2D eigenvalue weighted by Gasteiger charge is -2.25. The van der Waals surface area contributed by atoms with Gasteiger partial charge in [0.15, 0.2) is 0 Å². The molecule has 1 aromatic heterocycles. The summed E-state index contributed by atoms with van der Waals surface area (Å²) in [5, 5.41) is 18.8. The fourth-order valence-electron chi connectivity index (χ4n) is 6.53. The van der Waals surface area contributed by atoms with Gasteiger partial charge < -0.3 is 51.8 Å². The van der Waals surface area contributed by atoms with E-state index in [0.29, 0.717) is 54.8 Å². The number of amides is 8. The van der Waals surface area contributed by atoms with Gasteiger partial charge in [-0.3, -0.25) is 34.3 Å². The number of aromatic nitrogens is 1. The van der Waals surface area contributed by atoms with Crippen LogP contribution in [0, 0.1) is 5.92 Å². The highest BCUT2D eigenvalue weighted by atomic mass is 16.6. The highest BCUT2D eigenvalue weighted by Gasteiger charge is 2.29. The number of unbranched alkanes of at least 4 members (excludes halogenated alkanes) is 2. The number of alkyl carbamates (subject to hydrolysis) is 1. The zero-order valence-electron chi connectivity index (χ0n) is 39.0. The Morgan fingerprint density at radius 1 is 0.638 bits per heavy atom. The number of nitrogens with one attached hydrogen (secondary N) is 7. The number of anilines is 3. The molecular weight excluding hydrogens is 891 g/mol. The monoisotopic (exact) mass is 951 g/mol. The van der Waals surface area contributed by atoms with Gasteiger partial charge in [-0.15, -0.1) is 0 Å². The van der Waals surface area contributed by atoms with E-state index in [4.69, 9.17) is 19.9 Å². The van der Waals surface area contributed by atoms with Crippen LogP contribution >= 0.6 is 0 Å². The predicted octanol–water partition coefficient (Wildman–Crippen LogP) is 6.04. The van der Waals surface area contributed by atoms with Gasteiger partial charge in [0.2, 0.25) is 17.7 Å². The van der Waals surface area contributed by atoms with Gasteiger partial charge >= 0.3 is 24.2 Å². The standard InChI is InChI=1S/C49H61N9O11/c1-4-67-42(60)17-7-5-6-16-41(59)58-43(32(2)3)46(63)56-40(15-11-27-52-47(50)64)45(62)54-37-24-20-34(21-25-37)30-69-49(66)57-39-14-9-8-13-38(39)55-44(61)36-22-18-33(19-23-36)29-53-48(65)68-31-35-12-10-26-51-28-35/h8-10,12-14,18-26,28,32,40,43H,4-7,11,15-17,27,29-31H2,1-3H3,(H,53,65)(H,54,62)(H,55,61)(H,56,63)(H,57,66)(H,58,59)(H3,50,52,64). The van der Waals surface area contributed by atoms with Gasteiger partial charge in [-0.2, -0.15) is 0 Å². The molecule has 9 N–H and O–H groups in total. The number of nitrogens with zero attached hydrogens (tertiary/aromatic N) is 1. The van der Waals surface area contributed by atoms with E-state index in [1.54, 1.807) is 118 Å². The molecule has 0 aliphatic rings. The maximum atomic E-state index is 13.6. The minimum Gasteiger partial charge on any atom is -0.466 e. The summed E-state index contributed by atoms with van der Waals surface area (Å²) in [4.78, 5) is 105. The van der Waals surface area contributed by atoms with E-state index in [2.05, 4.69) is 42.2 Å². The summed E-state index contributed by atoms with van der Waals surface area (Å²) in [5.74, 6) is -2.49. The van der Waals surface area contributed by atoms with Crippen LogP contribution in [0.15, 0.2) is 97.3 Å². The third-order valence-electron chi connectivity index (χ3n) is 10.2. The van der Waals surface area contributed by atoms with Crippen LogP contribution in [0.2, 0.25) is 0 Å². The summed E-state index contributed by atoms with van der Waals surface area (Å²) < 4.78 is 15.6. The molecule has 4 aromatic rings. The number of carbonyl (C=O) groups excluding carboxylic acids is 8. The molecule has 0 saturated carbocycles. The summed E-state index contributed by atoms with van der Waals surface area (Å²) in [5.41, 5.74) is 8.59. The first kappa shape index (κ1) is 53.6. The number of ether oxygens (including phenoxy) is 3. The molecule has 0 aliphatic carbocycles. The highest BCUT2D eigenvalue weighted by molar-refractivity contribution is 6.07. The van der Waals surface area contributed by atoms with Crippen molar-refractivity contribution >= 4 is 64.9 Å². The number of benzene rings is 3. The second-order valence-corrected chi connectivity index (χ2v) is 16.0. The first-order valence-corrected chi connectivity index (χ1v) is 22.6. The van der Waals surface area contributed by atoms with Crippen molar-refractivity contribution in [3.63, 3.8) is 0 Å². The van der Waals surface area contributed by atoms with Gasteiger partial charge in [-0.25, -0.2) is 14.4 Å². The zero-order chi connectivity index (χ0) is 50.0. The molecule has 8 amide bonds. The van der Waals surface area contributed by atoms with Crippen molar-refractivity contribution in [1.82, 2.24) is 26.3 Å². The topological polar surface area (TPSA) is 287 Å². The molecule has 368 valence electrons. The molecule has 2 atom stereocenters. The van der Waals surface area contributed by atoms with Crippen molar-refractivity contribution in [3.05, 3.63) is 120 Å². The Balaban J connectivity index is 1.25. The number of esters is 1. The largest absolute Gasteiger partial charge is 0.466 e. The average Bonchev–Trinajstić information content (AvgIpc) is 3.33. The van der Waals surface area contributed by atoms with Crippen molar-refractivity contribution in [3.8, 4) is 0 Å². The number of nitrogens with two attached hydrogens (primary N) is 1. The number of pyridine rings is 1. The van der Waals surface area contributed by atoms with Crippen molar-refractivity contribution in [2.75, 3.05) is 29.1 Å². The maximum Gasteiger partial charge on any atom is 0.412 e. The van der Waals surface area contributed by atoms with Crippen LogP contribution in [0.5, 0.6) is 0 Å². The number of primary amides is 1. The minimum absolute atomic E-state index is 0.0796. The van der Waals surface area contributed by atoms with Crippen LogP contribution in [0.4, 0.5) is 31.4 Å². The quantitative estimate of drug-likeness (QED) is 0.0203. The van der Waals surface area contributed by atoms with Crippen LogP contribution < -0.4 is 43.0 Å². The van der Waals surface area contributed by atoms with Gasteiger partial charge in [0.05, 0.1) is 18.0 Å². The van der Waals surface area contributed by atoms with Crippen LogP contribution in [0.1, 0.15) is 92.8 Å². The Morgan fingerprint density at radius 2 is 1.30 bits per heavy atom. The van der Waals surface area contributed by atoms with Crippen LogP contribution in [0.25, 0.3) is 0 Å². The molecule has 20 nitrogen and oxygen atoms in total. The summed E-state index contributed by atoms with van der Waals surface area (Å²) in [6, 6.07) is 20.5. The number of urea groups is 1. The van der Waals surface area contributed by atoms with Gasteiger partial charge in [-0.1, -0.05) is 62.7 Å².